The highest BCUT2D eigenvalue weighted by Crippen LogP contribution is 2.39. The van der Waals surface area contributed by atoms with Crippen LogP contribution in [0, 0.1) is 5.92 Å². The van der Waals surface area contributed by atoms with Gasteiger partial charge in [0.1, 0.15) is 11.9 Å². The van der Waals surface area contributed by atoms with Gasteiger partial charge in [-0.1, -0.05) is 12.1 Å². The summed E-state index contributed by atoms with van der Waals surface area (Å²) >= 11 is 0. The van der Waals surface area contributed by atoms with Crippen molar-refractivity contribution in [2.24, 2.45) is 5.92 Å². The molecule has 2 saturated heterocycles. The number of likely N-dealkylation sites (tertiary alicyclic amines) is 1. The van der Waals surface area contributed by atoms with E-state index < -0.39 is 10.0 Å². The summed E-state index contributed by atoms with van der Waals surface area (Å²) in [6.07, 6.45) is 5.96. The smallest absolute Gasteiger partial charge is 0.257 e. The van der Waals surface area contributed by atoms with E-state index >= 15 is 0 Å². The zero-order chi connectivity index (χ0) is 18.3. The quantitative estimate of drug-likeness (QED) is 0.805. The highest BCUT2D eigenvalue weighted by molar-refractivity contribution is 7.88. The summed E-state index contributed by atoms with van der Waals surface area (Å²) < 4.78 is 30.9. The first-order valence-corrected chi connectivity index (χ1v) is 11.3. The zero-order valence-corrected chi connectivity index (χ0v) is 16.0. The number of fused-ring (bicyclic) bond motifs is 2. The number of rotatable bonds is 4. The summed E-state index contributed by atoms with van der Waals surface area (Å²) in [5.74, 6) is 1.36. The molecule has 2 aliphatic heterocycles. The van der Waals surface area contributed by atoms with Crippen molar-refractivity contribution in [1.29, 1.82) is 0 Å². The van der Waals surface area contributed by atoms with E-state index in [0.29, 0.717) is 49.2 Å². The van der Waals surface area contributed by atoms with Gasteiger partial charge < -0.3 is 9.64 Å². The van der Waals surface area contributed by atoms with E-state index in [1.165, 1.54) is 17.0 Å². The molecule has 2 atom stereocenters. The number of nitrogens with zero attached hydrogens (tertiary/aromatic N) is 2. The van der Waals surface area contributed by atoms with Gasteiger partial charge in [0.05, 0.1) is 11.8 Å². The maximum atomic E-state index is 13.0. The maximum Gasteiger partial charge on any atom is 0.257 e. The summed E-state index contributed by atoms with van der Waals surface area (Å²) in [5, 5.41) is 0. The number of hydrogen-bond acceptors (Lipinski definition) is 4. The van der Waals surface area contributed by atoms with Crippen LogP contribution in [-0.2, 0) is 10.0 Å². The van der Waals surface area contributed by atoms with Crippen molar-refractivity contribution in [3.05, 3.63) is 29.8 Å². The number of amides is 1. The van der Waals surface area contributed by atoms with Gasteiger partial charge in [-0.05, 0) is 50.2 Å². The van der Waals surface area contributed by atoms with Crippen LogP contribution >= 0.6 is 0 Å². The Hall–Kier alpha value is -1.60. The largest absolute Gasteiger partial charge is 0.489 e. The summed E-state index contributed by atoms with van der Waals surface area (Å²) in [6, 6.07) is 7.84. The lowest BCUT2D eigenvalue weighted by molar-refractivity contribution is 0.0692. The van der Waals surface area contributed by atoms with Crippen molar-refractivity contribution in [3.8, 4) is 5.75 Å². The number of carbonyl (C=O) groups is 1. The first-order valence-electron chi connectivity index (χ1n) is 9.43. The normalized spacial score (nSPS) is 27.0. The van der Waals surface area contributed by atoms with Gasteiger partial charge in [-0.15, -0.1) is 0 Å². The average molecular weight is 378 g/mol. The molecule has 1 aromatic carbocycles. The van der Waals surface area contributed by atoms with Crippen LogP contribution in [0.3, 0.4) is 0 Å². The lowest BCUT2D eigenvalue weighted by Crippen LogP contribution is -2.41. The molecule has 2 bridgehead atoms. The molecular formula is C19H26N2O4S. The first kappa shape index (κ1) is 17.8. The Bertz CT molecular complexity index is 786. The molecular weight excluding hydrogens is 352 g/mol. The Morgan fingerprint density at radius 2 is 1.85 bits per heavy atom. The predicted octanol–water partition coefficient (Wildman–Crippen LogP) is 2.11. The van der Waals surface area contributed by atoms with E-state index in [1.54, 1.807) is 0 Å². The van der Waals surface area contributed by atoms with Crippen molar-refractivity contribution >= 4 is 15.9 Å². The van der Waals surface area contributed by atoms with Gasteiger partial charge in [-0.2, -0.15) is 0 Å². The van der Waals surface area contributed by atoms with Crippen LogP contribution in [0.1, 0.15) is 42.5 Å². The SMILES string of the molecule is CS(=O)(=O)N1CCC(Oc2ccccc2C(=O)N2C[C@H]3CC[C@H]2C3)CC1. The molecule has 1 saturated carbocycles. The minimum atomic E-state index is -3.14. The predicted molar refractivity (Wildman–Crippen MR) is 98.7 cm³/mol. The van der Waals surface area contributed by atoms with Gasteiger partial charge in [0.25, 0.3) is 5.91 Å². The Balaban J connectivity index is 1.44. The van der Waals surface area contributed by atoms with E-state index in [-0.39, 0.29) is 12.0 Å². The second-order valence-electron chi connectivity index (χ2n) is 7.77. The van der Waals surface area contributed by atoms with Crippen molar-refractivity contribution in [2.45, 2.75) is 44.2 Å². The maximum absolute atomic E-state index is 13.0. The molecule has 142 valence electrons. The zero-order valence-electron chi connectivity index (χ0n) is 15.1. The molecule has 1 amide bonds. The highest BCUT2D eigenvalue weighted by Gasteiger charge is 2.41. The standard InChI is InChI=1S/C19H26N2O4S/c1-26(23,24)20-10-8-16(9-11-20)25-18-5-3-2-4-17(18)19(22)21-13-14-6-7-15(21)12-14/h2-5,14-16H,6-13H2,1H3/t14-,15-/m0/s1. The number of piperidine rings is 2. The van der Waals surface area contributed by atoms with E-state index in [4.69, 9.17) is 4.74 Å². The lowest BCUT2D eigenvalue weighted by atomic mass is 10.1. The second-order valence-corrected chi connectivity index (χ2v) is 9.75. The molecule has 0 radical (unpaired) electrons. The summed E-state index contributed by atoms with van der Waals surface area (Å²) in [5.41, 5.74) is 0.630. The molecule has 3 aliphatic rings. The van der Waals surface area contributed by atoms with Gasteiger partial charge in [0.2, 0.25) is 10.0 Å². The van der Waals surface area contributed by atoms with Crippen LogP contribution < -0.4 is 4.74 Å². The number of para-hydroxylation sites is 1. The van der Waals surface area contributed by atoms with Gasteiger partial charge in [-0.25, -0.2) is 12.7 Å². The lowest BCUT2D eigenvalue weighted by Gasteiger charge is -2.31. The molecule has 1 aromatic rings. The fourth-order valence-electron chi connectivity index (χ4n) is 4.54. The topological polar surface area (TPSA) is 66.9 Å². The van der Waals surface area contributed by atoms with E-state index in [0.717, 1.165) is 19.4 Å². The van der Waals surface area contributed by atoms with Gasteiger partial charge >= 0.3 is 0 Å². The molecule has 0 N–H and O–H groups in total. The van der Waals surface area contributed by atoms with Gasteiger partial charge in [-0.3, -0.25) is 4.79 Å². The van der Waals surface area contributed by atoms with Crippen LogP contribution in [0.4, 0.5) is 0 Å². The highest BCUT2D eigenvalue weighted by atomic mass is 32.2. The Kier molecular flexibility index (Phi) is 4.69. The molecule has 1 aliphatic carbocycles. The molecule has 2 heterocycles. The minimum absolute atomic E-state index is 0.0584. The average Bonchev–Trinajstić information content (AvgIpc) is 3.25. The van der Waals surface area contributed by atoms with Gasteiger partial charge in [0, 0.05) is 25.7 Å². The second kappa shape index (κ2) is 6.85. The van der Waals surface area contributed by atoms with E-state index in [1.807, 2.05) is 29.2 Å². The van der Waals surface area contributed by atoms with Crippen LogP contribution in [0.2, 0.25) is 0 Å². The molecule has 6 nitrogen and oxygen atoms in total. The Labute approximate surface area is 155 Å². The molecule has 0 unspecified atom stereocenters. The molecule has 0 aromatic heterocycles. The number of sulfonamides is 1. The van der Waals surface area contributed by atoms with Crippen molar-refractivity contribution in [1.82, 2.24) is 9.21 Å². The van der Waals surface area contributed by atoms with Gasteiger partial charge in [0.15, 0.2) is 0 Å². The molecule has 0 spiro atoms. The number of ether oxygens (including phenoxy) is 1. The van der Waals surface area contributed by atoms with Crippen LogP contribution in [0.5, 0.6) is 5.75 Å². The first-order chi connectivity index (χ1) is 12.4. The molecule has 7 heteroatoms. The van der Waals surface area contributed by atoms with Crippen LogP contribution in [-0.4, -0.2) is 61.6 Å². The fraction of sp³-hybridized carbons (Fsp3) is 0.632. The Morgan fingerprint density at radius 1 is 1.12 bits per heavy atom. The third-order valence-corrected chi connectivity index (χ3v) is 7.25. The van der Waals surface area contributed by atoms with E-state index in [2.05, 4.69) is 0 Å². The third-order valence-electron chi connectivity index (χ3n) is 5.95. The molecule has 4 rings (SSSR count). The molecule has 26 heavy (non-hydrogen) atoms. The summed E-state index contributed by atoms with van der Waals surface area (Å²) in [6.45, 7) is 1.80. The van der Waals surface area contributed by atoms with E-state index in [9.17, 15) is 13.2 Å². The van der Waals surface area contributed by atoms with Crippen molar-refractivity contribution < 1.29 is 17.9 Å². The van der Waals surface area contributed by atoms with Crippen molar-refractivity contribution in [3.63, 3.8) is 0 Å². The van der Waals surface area contributed by atoms with Crippen LogP contribution in [0.25, 0.3) is 0 Å². The number of hydrogen-bond donors (Lipinski definition) is 0. The Morgan fingerprint density at radius 3 is 2.46 bits per heavy atom. The summed E-state index contributed by atoms with van der Waals surface area (Å²) in [4.78, 5) is 15.1. The summed E-state index contributed by atoms with van der Waals surface area (Å²) in [7, 11) is -3.14. The fourth-order valence-corrected chi connectivity index (χ4v) is 5.41. The minimum Gasteiger partial charge on any atom is -0.489 e. The number of carbonyl (C=O) groups excluding carboxylic acids is 1. The monoisotopic (exact) mass is 378 g/mol. The number of benzene rings is 1. The van der Waals surface area contributed by atoms with Crippen molar-refractivity contribution in [2.75, 3.05) is 25.9 Å². The third kappa shape index (κ3) is 3.47. The van der Waals surface area contributed by atoms with Crippen LogP contribution in [0.15, 0.2) is 24.3 Å². The molecule has 3 fully saturated rings.